The SMILES string of the molecule is Cc1nc(-n2nc(-c3ccco3)cc2NC(=O)c2cc(Cl)ccc2Cl)[nH]c(=O)c1C. The summed E-state index contributed by atoms with van der Waals surface area (Å²) >= 11 is 12.1. The molecule has 3 heterocycles. The van der Waals surface area contributed by atoms with Gasteiger partial charge in [-0.2, -0.15) is 9.78 Å². The molecule has 0 radical (unpaired) electrons. The molecule has 152 valence electrons. The summed E-state index contributed by atoms with van der Waals surface area (Å²) < 4.78 is 6.72. The smallest absolute Gasteiger partial charge is 0.258 e. The van der Waals surface area contributed by atoms with Crippen LogP contribution in [0.25, 0.3) is 17.4 Å². The van der Waals surface area contributed by atoms with E-state index >= 15 is 0 Å². The molecule has 0 aliphatic heterocycles. The summed E-state index contributed by atoms with van der Waals surface area (Å²) in [6.07, 6.45) is 1.51. The first-order valence-corrected chi connectivity index (χ1v) is 9.57. The van der Waals surface area contributed by atoms with Crippen molar-refractivity contribution in [2.75, 3.05) is 5.32 Å². The molecule has 2 N–H and O–H groups in total. The number of hydrogen-bond donors (Lipinski definition) is 2. The van der Waals surface area contributed by atoms with E-state index in [1.165, 1.54) is 23.1 Å². The fourth-order valence-electron chi connectivity index (χ4n) is 2.76. The van der Waals surface area contributed by atoms with Gasteiger partial charge in [0.15, 0.2) is 5.76 Å². The van der Waals surface area contributed by atoms with Gasteiger partial charge in [-0.05, 0) is 44.2 Å². The van der Waals surface area contributed by atoms with Crippen LogP contribution in [-0.2, 0) is 0 Å². The van der Waals surface area contributed by atoms with Gasteiger partial charge in [0.1, 0.15) is 11.5 Å². The molecular weight excluding hydrogens is 429 g/mol. The predicted octanol–water partition coefficient (Wildman–Crippen LogP) is 4.39. The Morgan fingerprint density at radius 2 is 2.00 bits per heavy atom. The molecule has 0 bridgehead atoms. The summed E-state index contributed by atoms with van der Waals surface area (Å²) in [5.41, 5.74) is 1.36. The third-order valence-electron chi connectivity index (χ3n) is 4.48. The molecule has 0 aliphatic rings. The summed E-state index contributed by atoms with van der Waals surface area (Å²) in [5.74, 6) is 0.388. The highest BCUT2D eigenvalue weighted by atomic mass is 35.5. The van der Waals surface area contributed by atoms with E-state index in [4.69, 9.17) is 27.6 Å². The lowest BCUT2D eigenvalue weighted by Gasteiger charge is -2.10. The lowest BCUT2D eigenvalue weighted by atomic mass is 10.2. The third-order valence-corrected chi connectivity index (χ3v) is 5.05. The minimum absolute atomic E-state index is 0.147. The second-order valence-corrected chi connectivity index (χ2v) is 7.33. The Morgan fingerprint density at radius 1 is 1.20 bits per heavy atom. The van der Waals surface area contributed by atoms with Crippen molar-refractivity contribution >= 4 is 34.9 Å². The van der Waals surface area contributed by atoms with E-state index in [0.717, 1.165) is 0 Å². The highest BCUT2D eigenvalue weighted by Crippen LogP contribution is 2.26. The van der Waals surface area contributed by atoms with Gasteiger partial charge in [0.2, 0.25) is 5.95 Å². The fraction of sp³-hybridized carbons (Fsp3) is 0.100. The maximum Gasteiger partial charge on any atom is 0.258 e. The normalized spacial score (nSPS) is 10.9. The van der Waals surface area contributed by atoms with Crippen molar-refractivity contribution in [3.8, 4) is 17.4 Å². The van der Waals surface area contributed by atoms with E-state index in [1.54, 1.807) is 38.1 Å². The Morgan fingerprint density at radius 3 is 2.70 bits per heavy atom. The zero-order valence-electron chi connectivity index (χ0n) is 15.9. The summed E-state index contributed by atoms with van der Waals surface area (Å²) in [5, 5.41) is 7.79. The van der Waals surface area contributed by atoms with Crippen LogP contribution < -0.4 is 10.9 Å². The maximum atomic E-state index is 12.8. The molecule has 0 saturated carbocycles. The van der Waals surface area contributed by atoms with Crippen molar-refractivity contribution in [1.29, 1.82) is 0 Å². The molecule has 30 heavy (non-hydrogen) atoms. The van der Waals surface area contributed by atoms with Gasteiger partial charge in [0, 0.05) is 22.3 Å². The van der Waals surface area contributed by atoms with Gasteiger partial charge in [0.05, 0.1) is 16.8 Å². The largest absolute Gasteiger partial charge is 0.463 e. The average Bonchev–Trinajstić information content (AvgIpc) is 3.37. The molecule has 0 unspecified atom stereocenters. The number of H-pyrrole nitrogens is 1. The van der Waals surface area contributed by atoms with Crippen LogP contribution in [-0.4, -0.2) is 25.7 Å². The topological polar surface area (TPSA) is 106 Å². The summed E-state index contributed by atoms with van der Waals surface area (Å²) in [6.45, 7) is 3.39. The van der Waals surface area contributed by atoms with Crippen molar-refractivity contribution in [3.05, 3.63) is 79.9 Å². The Balaban J connectivity index is 1.81. The van der Waals surface area contributed by atoms with E-state index in [0.29, 0.717) is 27.7 Å². The minimum Gasteiger partial charge on any atom is -0.463 e. The molecular formula is C20H15Cl2N5O3. The first kappa shape index (κ1) is 19.9. The quantitative estimate of drug-likeness (QED) is 0.486. The van der Waals surface area contributed by atoms with Gasteiger partial charge < -0.3 is 9.73 Å². The third kappa shape index (κ3) is 3.74. The van der Waals surface area contributed by atoms with Gasteiger partial charge in [-0.3, -0.25) is 14.6 Å². The molecule has 8 nitrogen and oxygen atoms in total. The highest BCUT2D eigenvalue weighted by molar-refractivity contribution is 6.36. The Hall–Kier alpha value is -3.36. The van der Waals surface area contributed by atoms with Gasteiger partial charge >= 0.3 is 0 Å². The fourth-order valence-corrected chi connectivity index (χ4v) is 3.14. The average molecular weight is 444 g/mol. The first-order chi connectivity index (χ1) is 14.3. The van der Waals surface area contributed by atoms with E-state index in [9.17, 15) is 9.59 Å². The molecule has 4 aromatic rings. The highest BCUT2D eigenvalue weighted by Gasteiger charge is 2.19. The standard InChI is InChI=1S/C20H15Cl2N5O3/c1-10-11(2)23-20(25-18(10)28)27-17(9-15(26-27)16-4-3-7-30-16)24-19(29)13-8-12(21)5-6-14(13)22/h3-9H,1-2H3,(H,24,29)(H,23,25,28). The Labute approximate surface area is 180 Å². The van der Waals surface area contributed by atoms with Gasteiger partial charge in [-0.15, -0.1) is 0 Å². The summed E-state index contributed by atoms with van der Waals surface area (Å²) in [4.78, 5) is 32.1. The lowest BCUT2D eigenvalue weighted by Crippen LogP contribution is -2.21. The number of aryl methyl sites for hydroxylation is 1. The zero-order chi connectivity index (χ0) is 21.4. The van der Waals surface area contributed by atoms with Crippen LogP contribution in [0.5, 0.6) is 0 Å². The number of carbonyl (C=O) groups excluding carboxylic acids is 1. The van der Waals surface area contributed by atoms with Crippen LogP contribution in [0.2, 0.25) is 10.0 Å². The lowest BCUT2D eigenvalue weighted by molar-refractivity contribution is 0.102. The number of anilines is 1. The van der Waals surface area contributed by atoms with Gasteiger partial charge in [0.25, 0.3) is 11.5 Å². The number of furan rings is 1. The zero-order valence-corrected chi connectivity index (χ0v) is 17.4. The van der Waals surface area contributed by atoms with Crippen molar-refractivity contribution < 1.29 is 9.21 Å². The van der Waals surface area contributed by atoms with Crippen molar-refractivity contribution in [3.63, 3.8) is 0 Å². The van der Waals surface area contributed by atoms with Crippen LogP contribution in [0, 0.1) is 13.8 Å². The van der Waals surface area contributed by atoms with Crippen LogP contribution in [0.4, 0.5) is 5.82 Å². The second kappa shape index (κ2) is 7.81. The number of aromatic nitrogens is 4. The van der Waals surface area contributed by atoms with Gasteiger partial charge in [-0.25, -0.2) is 4.98 Å². The number of carbonyl (C=O) groups is 1. The van der Waals surface area contributed by atoms with Gasteiger partial charge in [-0.1, -0.05) is 23.2 Å². The van der Waals surface area contributed by atoms with Crippen LogP contribution in [0.3, 0.4) is 0 Å². The Kier molecular flexibility index (Phi) is 5.19. The maximum absolute atomic E-state index is 12.8. The van der Waals surface area contributed by atoms with Crippen LogP contribution >= 0.6 is 23.2 Å². The second-order valence-electron chi connectivity index (χ2n) is 6.48. The van der Waals surface area contributed by atoms with E-state index < -0.39 is 5.91 Å². The predicted molar refractivity (Wildman–Crippen MR) is 114 cm³/mol. The summed E-state index contributed by atoms with van der Waals surface area (Å²) in [6, 6.07) is 9.63. The molecule has 0 spiro atoms. The van der Waals surface area contributed by atoms with Crippen molar-refractivity contribution in [2.24, 2.45) is 0 Å². The molecule has 4 rings (SSSR count). The number of benzene rings is 1. The molecule has 0 saturated heterocycles. The van der Waals surface area contributed by atoms with Crippen LogP contribution in [0.15, 0.2) is 51.9 Å². The number of amides is 1. The van der Waals surface area contributed by atoms with Crippen molar-refractivity contribution in [2.45, 2.75) is 13.8 Å². The van der Waals surface area contributed by atoms with E-state index in [1.807, 2.05) is 0 Å². The van der Waals surface area contributed by atoms with Crippen molar-refractivity contribution in [1.82, 2.24) is 19.7 Å². The van der Waals surface area contributed by atoms with E-state index in [2.05, 4.69) is 20.4 Å². The van der Waals surface area contributed by atoms with Crippen LogP contribution in [0.1, 0.15) is 21.6 Å². The number of nitrogens with one attached hydrogen (secondary N) is 2. The molecule has 1 aromatic carbocycles. The monoisotopic (exact) mass is 443 g/mol. The number of hydrogen-bond acceptors (Lipinski definition) is 5. The molecule has 0 fully saturated rings. The number of aromatic amines is 1. The number of nitrogens with zero attached hydrogens (tertiary/aromatic N) is 3. The first-order valence-electron chi connectivity index (χ1n) is 8.81. The molecule has 1 amide bonds. The molecule has 3 aromatic heterocycles. The molecule has 10 heteroatoms. The minimum atomic E-state index is -0.499. The van der Waals surface area contributed by atoms with E-state index in [-0.39, 0.29) is 27.9 Å². The summed E-state index contributed by atoms with van der Waals surface area (Å²) in [7, 11) is 0. The molecule has 0 atom stereocenters. The number of halogens is 2. The number of rotatable bonds is 4. The molecule has 0 aliphatic carbocycles. The Bertz CT molecular complexity index is 1310.